The summed E-state index contributed by atoms with van der Waals surface area (Å²) in [4.78, 5) is 9.59. The molecule has 2 aliphatic carbocycles. The first-order valence-electron chi connectivity index (χ1n) is 10.9. The molecule has 32 heavy (non-hydrogen) atoms. The van der Waals surface area contributed by atoms with Crippen molar-refractivity contribution in [3.05, 3.63) is 111 Å². The Morgan fingerprint density at radius 3 is 2.62 bits per heavy atom. The van der Waals surface area contributed by atoms with Crippen molar-refractivity contribution in [1.82, 2.24) is 9.97 Å². The maximum atomic E-state index is 6.57. The minimum absolute atomic E-state index is 0.196. The molecule has 0 amide bonds. The van der Waals surface area contributed by atoms with Gasteiger partial charge in [-0.25, -0.2) is 9.97 Å². The quantitative estimate of drug-likeness (QED) is 0.370. The van der Waals surface area contributed by atoms with E-state index in [9.17, 15) is 0 Å². The third-order valence-electron chi connectivity index (χ3n) is 6.43. The molecule has 4 heteroatoms. The van der Waals surface area contributed by atoms with E-state index in [4.69, 9.17) is 16.6 Å². The van der Waals surface area contributed by atoms with Gasteiger partial charge in [0.15, 0.2) is 0 Å². The average Bonchev–Trinajstić information content (AvgIpc) is 3.18. The first-order valence-corrected chi connectivity index (χ1v) is 11.3. The smallest absolute Gasteiger partial charge is 0.227 e. The Morgan fingerprint density at radius 2 is 1.75 bits per heavy atom. The van der Waals surface area contributed by atoms with Crippen molar-refractivity contribution in [3.8, 4) is 11.3 Å². The van der Waals surface area contributed by atoms with Gasteiger partial charge in [0.25, 0.3) is 0 Å². The van der Waals surface area contributed by atoms with Gasteiger partial charge in [-0.05, 0) is 65.8 Å². The second-order valence-electron chi connectivity index (χ2n) is 8.64. The second-order valence-corrected chi connectivity index (χ2v) is 9.05. The molecule has 4 aromatic rings. The number of benzene rings is 3. The third kappa shape index (κ3) is 3.30. The molecule has 0 radical (unpaired) electrons. The van der Waals surface area contributed by atoms with Crippen LogP contribution in [-0.2, 0) is 12.8 Å². The van der Waals surface area contributed by atoms with E-state index in [1.807, 2.05) is 18.3 Å². The van der Waals surface area contributed by atoms with Gasteiger partial charge in [0.1, 0.15) is 0 Å². The molecule has 0 fully saturated rings. The number of rotatable bonds is 3. The summed E-state index contributed by atoms with van der Waals surface area (Å²) >= 11 is 6.57. The van der Waals surface area contributed by atoms with E-state index in [-0.39, 0.29) is 5.92 Å². The van der Waals surface area contributed by atoms with Gasteiger partial charge in [0.05, 0.1) is 5.69 Å². The molecule has 3 aromatic carbocycles. The fourth-order valence-electron chi connectivity index (χ4n) is 4.95. The number of nitrogens with zero attached hydrogens (tertiary/aromatic N) is 2. The van der Waals surface area contributed by atoms with Crippen LogP contribution in [0.3, 0.4) is 0 Å². The Labute approximate surface area is 192 Å². The summed E-state index contributed by atoms with van der Waals surface area (Å²) in [5.74, 6) is 0.815. The van der Waals surface area contributed by atoms with Crippen molar-refractivity contribution in [2.24, 2.45) is 0 Å². The lowest BCUT2D eigenvalue weighted by Gasteiger charge is -2.28. The summed E-state index contributed by atoms with van der Waals surface area (Å²) in [5, 5.41) is 4.21. The van der Waals surface area contributed by atoms with Crippen LogP contribution in [0.2, 0.25) is 5.02 Å². The lowest BCUT2D eigenvalue weighted by molar-refractivity contribution is 0.782. The van der Waals surface area contributed by atoms with E-state index in [1.54, 1.807) is 0 Å². The molecule has 0 spiro atoms. The van der Waals surface area contributed by atoms with Gasteiger partial charge < -0.3 is 5.32 Å². The molecular formula is C28H22ClN3. The van der Waals surface area contributed by atoms with E-state index < -0.39 is 0 Å². The standard InChI is InChI=1S/C28H22ClN3/c1-17-12-18-10-11-21(14-19(18)13-17)31-28-30-16-20-15-25(23-7-4-5-9-26(23)29)22-6-2-3-8-24(22)27(20)32-28/h2-11,13-14,16,25H,12,15H2,1H3,(H,30,31,32). The van der Waals surface area contributed by atoms with Gasteiger partial charge in [0.2, 0.25) is 5.95 Å². The molecule has 1 unspecified atom stereocenters. The number of allylic oxidation sites excluding steroid dienone is 1. The largest absolute Gasteiger partial charge is 0.324 e. The van der Waals surface area contributed by atoms with Crippen LogP contribution in [0.1, 0.15) is 40.7 Å². The molecule has 0 bridgehead atoms. The predicted molar refractivity (Wildman–Crippen MR) is 132 cm³/mol. The molecule has 0 saturated heterocycles. The van der Waals surface area contributed by atoms with E-state index in [2.05, 4.69) is 77.9 Å². The zero-order valence-corrected chi connectivity index (χ0v) is 18.5. The number of nitrogens with one attached hydrogen (secondary N) is 1. The molecule has 0 saturated carbocycles. The monoisotopic (exact) mass is 435 g/mol. The van der Waals surface area contributed by atoms with Crippen LogP contribution >= 0.6 is 11.6 Å². The summed E-state index contributed by atoms with van der Waals surface area (Å²) in [5.41, 5.74) is 10.8. The molecule has 0 aliphatic heterocycles. The third-order valence-corrected chi connectivity index (χ3v) is 6.78. The molecule has 1 aromatic heterocycles. The molecule has 2 aliphatic rings. The van der Waals surface area contributed by atoms with Crippen molar-refractivity contribution in [2.45, 2.75) is 25.7 Å². The number of aromatic nitrogens is 2. The minimum atomic E-state index is 0.196. The highest BCUT2D eigenvalue weighted by Gasteiger charge is 2.28. The fourth-order valence-corrected chi connectivity index (χ4v) is 5.21. The van der Waals surface area contributed by atoms with Crippen LogP contribution in [0.5, 0.6) is 0 Å². The highest BCUT2D eigenvalue weighted by atomic mass is 35.5. The fraction of sp³-hybridized carbons (Fsp3) is 0.143. The van der Waals surface area contributed by atoms with Crippen LogP contribution in [0, 0.1) is 0 Å². The Kier molecular flexibility index (Phi) is 4.58. The Hall–Kier alpha value is -3.43. The summed E-state index contributed by atoms with van der Waals surface area (Å²) in [6.45, 7) is 2.17. The van der Waals surface area contributed by atoms with Crippen molar-refractivity contribution >= 4 is 29.3 Å². The summed E-state index contributed by atoms with van der Waals surface area (Å²) in [7, 11) is 0. The molecular weight excluding hydrogens is 414 g/mol. The number of anilines is 2. The first kappa shape index (κ1) is 19.3. The van der Waals surface area contributed by atoms with Crippen LogP contribution in [0.25, 0.3) is 17.3 Å². The van der Waals surface area contributed by atoms with E-state index >= 15 is 0 Å². The normalized spacial score (nSPS) is 16.1. The Bertz CT molecular complexity index is 1390. The molecule has 1 N–H and O–H groups in total. The maximum Gasteiger partial charge on any atom is 0.227 e. The molecule has 3 nitrogen and oxygen atoms in total. The van der Waals surface area contributed by atoms with Gasteiger partial charge in [-0.2, -0.15) is 0 Å². The molecule has 156 valence electrons. The van der Waals surface area contributed by atoms with Crippen LogP contribution in [-0.4, -0.2) is 9.97 Å². The maximum absolute atomic E-state index is 6.57. The highest BCUT2D eigenvalue weighted by molar-refractivity contribution is 6.31. The van der Waals surface area contributed by atoms with Crippen LogP contribution in [0.15, 0.2) is 78.5 Å². The molecule has 1 atom stereocenters. The lowest BCUT2D eigenvalue weighted by Crippen LogP contribution is -2.15. The number of fused-ring (bicyclic) bond motifs is 4. The zero-order valence-electron chi connectivity index (χ0n) is 17.8. The van der Waals surface area contributed by atoms with Crippen LogP contribution < -0.4 is 5.32 Å². The van der Waals surface area contributed by atoms with E-state index in [0.29, 0.717) is 5.95 Å². The summed E-state index contributed by atoms with van der Waals surface area (Å²) in [6.07, 6.45) is 6.08. The van der Waals surface area contributed by atoms with Crippen molar-refractivity contribution in [3.63, 3.8) is 0 Å². The van der Waals surface area contributed by atoms with Crippen molar-refractivity contribution in [2.75, 3.05) is 5.32 Å². The predicted octanol–water partition coefficient (Wildman–Crippen LogP) is 7.19. The van der Waals surface area contributed by atoms with Crippen molar-refractivity contribution < 1.29 is 0 Å². The minimum Gasteiger partial charge on any atom is -0.324 e. The van der Waals surface area contributed by atoms with Gasteiger partial charge in [-0.15, -0.1) is 0 Å². The average molecular weight is 436 g/mol. The zero-order chi connectivity index (χ0) is 21.7. The summed E-state index contributed by atoms with van der Waals surface area (Å²) < 4.78 is 0. The van der Waals surface area contributed by atoms with Gasteiger partial charge in [-0.3, -0.25) is 0 Å². The highest BCUT2D eigenvalue weighted by Crippen LogP contribution is 2.43. The Balaban J connectivity index is 1.37. The first-order chi connectivity index (χ1) is 15.7. The van der Waals surface area contributed by atoms with Crippen molar-refractivity contribution in [1.29, 1.82) is 0 Å². The topological polar surface area (TPSA) is 37.8 Å². The van der Waals surface area contributed by atoms with E-state index in [1.165, 1.54) is 22.3 Å². The van der Waals surface area contributed by atoms with E-state index in [0.717, 1.165) is 45.9 Å². The summed E-state index contributed by atoms with van der Waals surface area (Å²) in [6, 6.07) is 23.1. The second kappa shape index (κ2) is 7.61. The van der Waals surface area contributed by atoms with Gasteiger partial charge in [0, 0.05) is 28.4 Å². The Morgan fingerprint density at radius 1 is 0.938 bits per heavy atom. The van der Waals surface area contributed by atoms with Crippen LogP contribution in [0.4, 0.5) is 11.6 Å². The lowest BCUT2D eigenvalue weighted by atomic mass is 9.78. The van der Waals surface area contributed by atoms with Gasteiger partial charge >= 0.3 is 0 Å². The number of hydrogen-bond acceptors (Lipinski definition) is 3. The SMILES string of the molecule is CC1=Cc2cc(Nc3ncc4c(n3)-c3ccccc3C(c3ccccc3Cl)C4)ccc2C1. The molecule has 6 rings (SSSR count). The number of hydrogen-bond donors (Lipinski definition) is 1. The number of halogens is 1. The molecule has 1 heterocycles. The van der Waals surface area contributed by atoms with Gasteiger partial charge in [-0.1, -0.05) is 71.8 Å².